The van der Waals surface area contributed by atoms with Gasteiger partial charge in [0.15, 0.2) is 0 Å². The second-order valence-electron chi connectivity index (χ2n) is 3.32. The highest BCUT2D eigenvalue weighted by Crippen LogP contribution is 2.19. The molecule has 0 saturated carbocycles. The lowest BCUT2D eigenvalue weighted by molar-refractivity contribution is -0.165. The van der Waals surface area contributed by atoms with Crippen molar-refractivity contribution in [2.45, 2.75) is 13.1 Å². The van der Waals surface area contributed by atoms with Gasteiger partial charge in [-0.1, -0.05) is 15.9 Å². The fourth-order valence-corrected chi connectivity index (χ4v) is 1.34. The number of hydrogen-bond acceptors (Lipinski definition) is 2. The second kappa shape index (κ2) is 5.35. The van der Waals surface area contributed by atoms with Gasteiger partial charge >= 0.3 is 6.18 Å². The summed E-state index contributed by atoms with van der Waals surface area (Å²) in [4.78, 5) is 10.7. The molecule has 0 saturated heterocycles. The average Bonchev–Trinajstić information content (AvgIpc) is 2.20. The van der Waals surface area contributed by atoms with E-state index in [4.69, 9.17) is 0 Å². The Morgan fingerprint density at radius 3 is 2.29 bits per heavy atom. The van der Waals surface area contributed by atoms with Crippen LogP contribution in [-0.2, 0) is 4.79 Å². The summed E-state index contributed by atoms with van der Waals surface area (Å²) in [7, 11) is 0. The number of alkyl halides is 3. The molecule has 92 valence electrons. The molecule has 0 aliphatic carbocycles. The number of anilines is 1. The van der Waals surface area contributed by atoms with E-state index in [-0.39, 0.29) is 5.70 Å². The van der Waals surface area contributed by atoms with Crippen LogP contribution in [0.15, 0.2) is 40.5 Å². The summed E-state index contributed by atoms with van der Waals surface area (Å²) in [6.45, 7) is 1.39. The van der Waals surface area contributed by atoms with E-state index in [0.29, 0.717) is 11.8 Å². The van der Waals surface area contributed by atoms with Crippen molar-refractivity contribution in [1.29, 1.82) is 0 Å². The standard InChI is InChI=1S/C11H9BrF3NO/c1-7(6-10(17)11(13,14)15)16-9-4-2-8(12)3-5-9/h2-6,16H,1H3. The molecule has 2 nitrogen and oxygen atoms in total. The molecule has 0 unspecified atom stereocenters. The SMILES string of the molecule is CC(=CC(=O)C(F)(F)F)Nc1ccc(Br)cc1. The molecule has 1 aromatic rings. The molecule has 0 amide bonds. The van der Waals surface area contributed by atoms with Crippen LogP contribution in [-0.4, -0.2) is 12.0 Å². The number of ketones is 1. The summed E-state index contributed by atoms with van der Waals surface area (Å²) in [6, 6.07) is 6.83. The van der Waals surface area contributed by atoms with Gasteiger partial charge in [-0.15, -0.1) is 0 Å². The van der Waals surface area contributed by atoms with Gasteiger partial charge in [0.25, 0.3) is 5.78 Å². The van der Waals surface area contributed by atoms with Crippen LogP contribution < -0.4 is 5.32 Å². The Hall–Kier alpha value is -1.30. The minimum absolute atomic E-state index is 0.134. The van der Waals surface area contributed by atoms with Gasteiger partial charge in [0.05, 0.1) is 0 Å². The van der Waals surface area contributed by atoms with E-state index in [1.807, 2.05) is 0 Å². The first-order valence-electron chi connectivity index (χ1n) is 4.61. The molecule has 0 radical (unpaired) electrons. The van der Waals surface area contributed by atoms with Gasteiger partial charge < -0.3 is 5.32 Å². The van der Waals surface area contributed by atoms with E-state index in [2.05, 4.69) is 21.2 Å². The fourth-order valence-electron chi connectivity index (χ4n) is 1.08. The van der Waals surface area contributed by atoms with Crippen molar-refractivity contribution in [3.05, 3.63) is 40.5 Å². The van der Waals surface area contributed by atoms with Crippen molar-refractivity contribution in [1.82, 2.24) is 0 Å². The maximum absolute atomic E-state index is 12.0. The van der Waals surface area contributed by atoms with Crippen molar-refractivity contribution in [2.75, 3.05) is 5.32 Å². The van der Waals surface area contributed by atoms with E-state index < -0.39 is 12.0 Å². The van der Waals surface area contributed by atoms with Crippen LogP contribution in [0.4, 0.5) is 18.9 Å². The Morgan fingerprint density at radius 1 is 1.29 bits per heavy atom. The number of nitrogens with one attached hydrogen (secondary N) is 1. The monoisotopic (exact) mass is 307 g/mol. The molecule has 0 aliphatic heterocycles. The minimum atomic E-state index is -4.83. The molecule has 6 heteroatoms. The first-order chi connectivity index (χ1) is 7.79. The lowest BCUT2D eigenvalue weighted by Crippen LogP contribution is -2.21. The van der Waals surface area contributed by atoms with Gasteiger partial charge in [0, 0.05) is 21.9 Å². The quantitative estimate of drug-likeness (QED) is 0.858. The maximum atomic E-state index is 12.0. The molecule has 0 aliphatic rings. The predicted octanol–water partition coefficient (Wildman–Crippen LogP) is 3.90. The number of carbonyl (C=O) groups is 1. The van der Waals surface area contributed by atoms with Crippen LogP contribution in [0.25, 0.3) is 0 Å². The van der Waals surface area contributed by atoms with Gasteiger partial charge in [-0.25, -0.2) is 0 Å². The summed E-state index contributed by atoms with van der Waals surface area (Å²) >= 11 is 3.23. The molecule has 0 spiro atoms. The predicted molar refractivity (Wildman–Crippen MR) is 62.6 cm³/mol. The maximum Gasteiger partial charge on any atom is 0.454 e. The Labute approximate surface area is 105 Å². The number of hydrogen-bond donors (Lipinski definition) is 1. The molecular weight excluding hydrogens is 299 g/mol. The van der Waals surface area contributed by atoms with Crippen molar-refractivity contribution >= 4 is 27.4 Å². The van der Waals surface area contributed by atoms with Crippen LogP contribution in [0.3, 0.4) is 0 Å². The number of halogens is 4. The molecule has 1 rings (SSSR count). The highest BCUT2D eigenvalue weighted by molar-refractivity contribution is 9.10. The van der Waals surface area contributed by atoms with Crippen molar-refractivity contribution < 1.29 is 18.0 Å². The Kier molecular flexibility index (Phi) is 4.34. The molecule has 1 aromatic carbocycles. The van der Waals surface area contributed by atoms with Crippen LogP contribution in [0.2, 0.25) is 0 Å². The van der Waals surface area contributed by atoms with Crippen molar-refractivity contribution in [3.8, 4) is 0 Å². The van der Waals surface area contributed by atoms with E-state index in [1.165, 1.54) is 6.92 Å². The molecular formula is C11H9BrF3NO. The average molecular weight is 308 g/mol. The molecule has 0 aromatic heterocycles. The summed E-state index contributed by atoms with van der Waals surface area (Å²) < 4.78 is 36.8. The lowest BCUT2D eigenvalue weighted by atomic mass is 10.2. The third-order valence-corrected chi connectivity index (χ3v) is 2.34. The highest BCUT2D eigenvalue weighted by Gasteiger charge is 2.36. The molecule has 17 heavy (non-hydrogen) atoms. The number of rotatable bonds is 3. The smallest absolute Gasteiger partial charge is 0.359 e. The zero-order chi connectivity index (χ0) is 13.1. The minimum Gasteiger partial charge on any atom is -0.359 e. The Bertz CT molecular complexity index is 437. The fraction of sp³-hybridized carbons (Fsp3) is 0.182. The summed E-state index contributed by atoms with van der Waals surface area (Å²) in [5.41, 5.74) is 0.742. The first kappa shape index (κ1) is 13.8. The first-order valence-corrected chi connectivity index (χ1v) is 5.40. The van der Waals surface area contributed by atoms with Gasteiger partial charge in [-0.2, -0.15) is 13.2 Å². The third kappa shape index (κ3) is 4.60. The topological polar surface area (TPSA) is 29.1 Å². The van der Waals surface area contributed by atoms with E-state index >= 15 is 0 Å². The molecule has 0 atom stereocenters. The number of benzene rings is 1. The Morgan fingerprint density at radius 2 is 1.82 bits per heavy atom. The molecule has 0 heterocycles. The highest BCUT2D eigenvalue weighted by atomic mass is 79.9. The second-order valence-corrected chi connectivity index (χ2v) is 4.24. The zero-order valence-electron chi connectivity index (χ0n) is 8.81. The normalized spacial score (nSPS) is 12.4. The van der Waals surface area contributed by atoms with Gasteiger partial charge in [0.1, 0.15) is 0 Å². The Balaban J connectivity index is 2.72. The van der Waals surface area contributed by atoms with Gasteiger partial charge in [0.2, 0.25) is 0 Å². The largest absolute Gasteiger partial charge is 0.454 e. The third-order valence-electron chi connectivity index (χ3n) is 1.81. The van der Waals surface area contributed by atoms with Crippen molar-refractivity contribution in [3.63, 3.8) is 0 Å². The summed E-state index contributed by atoms with van der Waals surface area (Å²) in [5, 5.41) is 2.69. The van der Waals surface area contributed by atoms with Gasteiger partial charge in [-0.05, 0) is 31.2 Å². The number of carbonyl (C=O) groups excluding carboxylic acids is 1. The van der Waals surface area contributed by atoms with E-state index in [1.54, 1.807) is 24.3 Å². The van der Waals surface area contributed by atoms with E-state index in [0.717, 1.165) is 4.47 Å². The van der Waals surface area contributed by atoms with Crippen LogP contribution in [0, 0.1) is 0 Å². The number of allylic oxidation sites excluding steroid dienone is 2. The van der Waals surface area contributed by atoms with Crippen LogP contribution in [0.1, 0.15) is 6.92 Å². The molecule has 0 fully saturated rings. The van der Waals surface area contributed by atoms with Gasteiger partial charge in [-0.3, -0.25) is 4.79 Å². The molecule has 1 N–H and O–H groups in total. The van der Waals surface area contributed by atoms with E-state index in [9.17, 15) is 18.0 Å². The van der Waals surface area contributed by atoms with Crippen LogP contribution >= 0.6 is 15.9 Å². The van der Waals surface area contributed by atoms with Crippen molar-refractivity contribution in [2.24, 2.45) is 0 Å². The lowest BCUT2D eigenvalue weighted by Gasteiger charge is -2.07. The zero-order valence-corrected chi connectivity index (χ0v) is 10.4. The summed E-state index contributed by atoms with van der Waals surface area (Å²) in [6.07, 6.45) is -4.30. The summed E-state index contributed by atoms with van der Waals surface area (Å²) in [5.74, 6) is -1.88. The van der Waals surface area contributed by atoms with Crippen LogP contribution in [0.5, 0.6) is 0 Å². The molecule has 0 bridgehead atoms.